The second-order valence-corrected chi connectivity index (χ2v) is 5.70. The Hall–Kier alpha value is -1.80. The Labute approximate surface area is 147 Å². The lowest BCUT2D eigenvalue weighted by atomic mass is 10.1. The molecule has 0 radical (unpaired) electrons. The highest BCUT2D eigenvalue weighted by Crippen LogP contribution is 2.29. The number of hydrogen-bond acceptors (Lipinski definition) is 3. The molecule has 0 aromatic heterocycles. The molecule has 0 unspecified atom stereocenters. The van der Waals surface area contributed by atoms with Crippen molar-refractivity contribution in [1.29, 1.82) is 0 Å². The lowest BCUT2D eigenvalue weighted by molar-refractivity contribution is -0.137. The van der Waals surface area contributed by atoms with Crippen molar-refractivity contribution < 1.29 is 17.9 Å². The van der Waals surface area contributed by atoms with Gasteiger partial charge >= 0.3 is 6.18 Å². The van der Waals surface area contributed by atoms with Crippen molar-refractivity contribution in [2.75, 3.05) is 47.4 Å². The summed E-state index contributed by atoms with van der Waals surface area (Å²) in [5.41, 5.74) is -0.0955. The number of nitrogens with zero attached hydrogens (tertiary/aromatic N) is 2. The minimum atomic E-state index is -4.33. The van der Waals surface area contributed by atoms with Crippen LogP contribution >= 0.6 is 0 Å². The molecule has 0 bridgehead atoms. The summed E-state index contributed by atoms with van der Waals surface area (Å²) >= 11 is 0. The normalized spacial score (nSPS) is 12.5. The second-order valence-electron chi connectivity index (χ2n) is 5.70. The van der Waals surface area contributed by atoms with Crippen LogP contribution in [0, 0.1) is 0 Å². The highest BCUT2D eigenvalue weighted by molar-refractivity contribution is 5.79. The fourth-order valence-corrected chi connectivity index (χ4v) is 2.22. The van der Waals surface area contributed by atoms with E-state index in [9.17, 15) is 13.2 Å². The van der Waals surface area contributed by atoms with Crippen molar-refractivity contribution in [1.82, 2.24) is 15.5 Å². The van der Waals surface area contributed by atoms with Gasteiger partial charge in [0.05, 0.1) is 5.56 Å². The first-order chi connectivity index (χ1) is 11.9. The monoisotopic (exact) mass is 360 g/mol. The summed E-state index contributed by atoms with van der Waals surface area (Å²) in [6, 6.07) is 5.27. The van der Waals surface area contributed by atoms with Gasteiger partial charge in [0.25, 0.3) is 0 Å². The van der Waals surface area contributed by atoms with Crippen LogP contribution in [0.5, 0.6) is 0 Å². The zero-order valence-corrected chi connectivity index (χ0v) is 15.0. The number of rotatable bonds is 9. The predicted molar refractivity (Wildman–Crippen MR) is 93.6 cm³/mol. The molecule has 142 valence electrons. The van der Waals surface area contributed by atoms with E-state index in [1.807, 2.05) is 7.05 Å². The van der Waals surface area contributed by atoms with Crippen LogP contribution in [-0.2, 0) is 17.5 Å². The van der Waals surface area contributed by atoms with E-state index in [0.29, 0.717) is 18.1 Å². The van der Waals surface area contributed by atoms with Crippen LogP contribution in [0.15, 0.2) is 29.3 Å². The molecule has 0 atom stereocenters. The molecule has 2 N–H and O–H groups in total. The number of alkyl halides is 3. The molecule has 8 heteroatoms. The van der Waals surface area contributed by atoms with E-state index in [0.717, 1.165) is 38.2 Å². The Morgan fingerprint density at radius 3 is 2.64 bits per heavy atom. The fraction of sp³-hybridized carbons (Fsp3) is 0.588. The van der Waals surface area contributed by atoms with Gasteiger partial charge in [-0.1, -0.05) is 12.1 Å². The smallest absolute Gasteiger partial charge is 0.385 e. The van der Waals surface area contributed by atoms with Crippen molar-refractivity contribution in [3.8, 4) is 0 Å². The first kappa shape index (κ1) is 21.2. The molecular weight excluding hydrogens is 333 g/mol. The highest BCUT2D eigenvalue weighted by atomic mass is 19.4. The van der Waals surface area contributed by atoms with Crippen LogP contribution in [0.25, 0.3) is 0 Å². The average molecular weight is 360 g/mol. The van der Waals surface area contributed by atoms with Gasteiger partial charge in [-0.15, -0.1) is 0 Å². The van der Waals surface area contributed by atoms with E-state index in [4.69, 9.17) is 4.74 Å². The Bertz CT molecular complexity index is 535. The molecule has 5 nitrogen and oxygen atoms in total. The quantitative estimate of drug-likeness (QED) is 0.403. The number of likely N-dealkylation sites (N-methyl/N-ethyl adjacent to an activating group) is 1. The molecule has 0 aliphatic carbocycles. The Morgan fingerprint density at radius 2 is 2.00 bits per heavy atom. The summed E-state index contributed by atoms with van der Waals surface area (Å²) in [6.07, 6.45) is -3.36. The van der Waals surface area contributed by atoms with Crippen molar-refractivity contribution in [2.24, 2.45) is 4.99 Å². The van der Waals surface area contributed by atoms with E-state index in [2.05, 4.69) is 20.5 Å². The fourth-order valence-electron chi connectivity index (χ4n) is 2.22. The first-order valence-corrected chi connectivity index (χ1v) is 8.15. The van der Waals surface area contributed by atoms with Gasteiger partial charge in [-0.2, -0.15) is 13.2 Å². The van der Waals surface area contributed by atoms with E-state index in [-0.39, 0.29) is 6.54 Å². The molecule has 0 heterocycles. The molecule has 0 saturated heterocycles. The van der Waals surface area contributed by atoms with Gasteiger partial charge in [-0.05, 0) is 31.2 Å². The molecule has 1 aromatic carbocycles. The summed E-state index contributed by atoms with van der Waals surface area (Å²) in [7, 11) is 5.33. The van der Waals surface area contributed by atoms with Crippen molar-refractivity contribution >= 4 is 5.96 Å². The predicted octanol–water partition coefficient (Wildman–Crippen LogP) is 2.34. The molecule has 1 aromatic rings. The van der Waals surface area contributed by atoms with Gasteiger partial charge in [-0.25, -0.2) is 0 Å². The number of halogens is 3. The summed E-state index contributed by atoms with van der Waals surface area (Å²) < 4.78 is 43.2. The minimum Gasteiger partial charge on any atom is -0.385 e. The third-order valence-electron chi connectivity index (χ3n) is 3.61. The third-order valence-corrected chi connectivity index (χ3v) is 3.61. The Kier molecular flexibility index (Phi) is 9.30. The van der Waals surface area contributed by atoms with Crippen molar-refractivity contribution in [3.05, 3.63) is 35.4 Å². The average Bonchev–Trinajstić information content (AvgIpc) is 2.57. The molecule has 0 fully saturated rings. The summed E-state index contributed by atoms with van der Waals surface area (Å²) in [6.45, 7) is 3.46. The van der Waals surface area contributed by atoms with Crippen LogP contribution in [0.3, 0.4) is 0 Å². The van der Waals surface area contributed by atoms with Gasteiger partial charge in [0.2, 0.25) is 0 Å². The molecule has 0 amide bonds. The van der Waals surface area contributed by atoms with Crippen molar-refractivity contribution in [2.45, 2.75) is 19.1 Å². The Morgan fingerprint density at radius 1 is 1.24 bits per heavy atom. The number of benzene rings is 1. The first-order valence-electron chi connectivity index (χ1n) is 8.15. The molecule has 25 heavy (non-hydrogen) atoms. The number of aliphatic imine (C=N–C) groups is 1. The second kappa shape index (κ2) is 10.9. The zero-order valence-electron chi connectivity index (χ0n) is 15.0. The summed E-state index contributed by atoms with van der Waals surface area (Å²) in [5.74, 6) is 0.558. The van der Waals surface area contributed by atoms with E-state index in [1.165, 1.54) is 6.07 Å². The number of nitrogens with one attached hydrogen (secondary N) is 2. The number of ether oxygens (including phenoxy) is 1. The van der Waals surface area contributed by atoms with Gasteiger partial charge in [0.15, 0.2) is 5.96 Å². The zero-order chi connectivity index (χ0) is 18.7. The maximum atomic E-state index is 12.7. The lowest BCUT2D eigenvalue weighted by Crippen LogP contribution is -2.40. The topological polar surface area (TPSA) is 48.9 Å². The minimum absolute atomic E-state index is 0.271. The maximum Gasteiger partial charge on any atom is 0.416 e. The number of methoxy groups -OCH3 is 1. The highest BCUT2D eigenvalue weighted by Gasteiger charge is 2.30. The SMILES string of the molecule is CN=C(NCCN(C)CCCOC)NCc1cccc(C(F)(F)F)c1. The molecular formula is C17H27F3N4O. The molecule has 1 rings (SSSR count). The summed E-state index contributed by atoms with van der Waals surface area (Å²) in [4.78, 5) is 6.25. The third kappa shape index (κ3) is 8.74. The van der Waals surface area contributed by atoms with Crippen LogP contribution in [-0.4, -0.2) is 58.3 Å². The van der Waals surface area contributed by atoms with Crippen LogP contribution in [0.2, 0.25) is 0 Å². The summed E-state index contributed by atoms with van der Waals surface area (Å²) in [5, 5.41) is 6.17. The van der Waals surface area contributed by atoms with Crippen LogP contribution < -0.4 is 10.6 Å². The largest absolute Gasteiger partial charge is 0.416 e. The molecule has 0 saturated carbocycles. The standard InChI is InChI=1S/C17H27F3N4O/c1-21-16(22-8-10-24(2)9-5-11-25-3)23-13-14-6-4-7-15(12-14)17(18,19)20/h4,6-7,12H,5,8-11,13H2,1-3H3,(H2,21,22,23). The van der Waals surface area contributed by atoms with Crippen molar-refractivity contribution in [3.63, 3.8) is 0 Å². The van der Waals surface area contributed by atoms with Crippen LogP contribution in [0.4, 0.5) is 13.2 Å². The maximum absolute atomic E-state index is 12.7. The van der Waals surface area contributed by atoms with E-state index < -0.39 is 11.7 Å². The van der Waals surface area contributed by atoms with Gasteiger partial charge in [-0.3, -0.25) is 4.99 Å². The van der Waals surface area contributed by atoms with Gasteiger partial charge in [0, 0.05) is 46.9 Å². The number of guanidine groups is 1. The number of hydrogen-bond donors (Lipinski definition) is 2. The Balaban J connectivity index is 2.37. The van der Waals surface area contributed by atoms with E-state index in [1.54, 1.807) is 20.2 Å². The van der Waals surface area contributed by atoms with Crippen LogP contribution in [0.1, 0.15) is 17.5 Å². The molecule has 0 spiro atoms. The van der Waals surface area contributed by atoms with Gasteiger partial charge in [0.1, 0.15) is 0 Å². The van der Waals surface area contributed by atoms with E-state index >= 15 is 0 Å². The van der Waals surface area contributed by atoms with Gasteiger partial charge < -0.3 is 20.3 Å². The molecule has 0 aliphatic rings. The molecule has 0 aliphatic heterocycles. The lowest BCUT2D eigenvalue weighted by Gasteiger charge is -2.18.